The summed E-state index contributed by atoms with van der Waals surface area (Å²) in [5.74, 6) is -7.53. The summed E-state index contributed by atoms with van der Waals surface area (Å²) in [4.78, 5) is 84.7. The number of nitrogens with zero attached hydrogens (tertiary/aromatic N) is 21. The number of aromatic nitrogens is 21. The Balaban J connectivity index is 0.000000205. The molecule has 0 aliphatic heterocycles. The molecule has 3 unspecified atom stereocenters. The molecule has 3 aromatic carbocycles. The van der Waals surface area contributed by atoms with E-state index in [0.717, 1.165) is 45.2 Å². The molecule has 0 fully saturated rings. The van der Waals surface area contributed by atoms with Crippen molar-refractivity contribution in [3.05, 3.63) is 250 Å². The molecule has 9 heterocycles. The number of benzene rings is 3. The van der Waals surface area contributed by atoms with Crippen LogP contribution in [-0.2, 0) is 96.8 Å². The van der Waals surface area contributed by atoms with E-state index in [1.165, 1.54) is 142 Å². The Morgan fingerprint density at radius 2 is 0.614 bits per heavy atom. The van der Waals surface area contributed by atoms with Gasteiger partial charge >= 0.3 is 30.9 Å². The van der Waals surface area contributed by atoms with Crippen molar-refractivity contribution in [1.82, 2.24) is 137 Å². The number of pyridine rings is 3. The molecule has 3 atom stereocenters. The van der Waals surface area contributed by atoms with Crippen LogP contribution in [0.1, 0.15) is 154 Å². The Hall–Kier alpha value is -15.1. The summed E-state index contributed by atoms with van der Waals surface area (Å²) in [5, 5.41) is 59.8. The van der Waals surface area contributed by atoms with Gasteiger partial charge in [-0.3, -0.25) is 47.8 Å². The van der Waals surface area contributed by atoms with Crippen molar-refractivity contribution >= 4 is 35.4 Å². The van der Waals surface area contributed by atoms with E-state index < -0.39 is 114 Å². The molecule has 0 aliphatic carbocycles. The van der Waals surface area contributed by atoms with E-state index in [0.29, 0.717) is 36.1 Å². The lowest BCUT2D eigenvalue weighted by Gasteiger charge is -2.13. The molecule has 0 saturated carbocycles. The van der Waals surface area contributed by atoms with Crippen LogP contribution in [0.25, 0.3) is 0 Å². The Bertz CT molecular complexity index is 5620. The highest BCUT2D eigenvalue weighted by Gasteiger charge is 2.35. The molecule has 12 aromatic rings. The molecule has 9 aromatic heterocycles. The zero-order chi connectivity index (χ0) is 95.7. The lowest BCUT2D eigenvalue weighted by Crippen LogP contribution is -2.24. The highest BCUT2D eigenvalue weighted by Crippen LogP contribution is 2.31. The van der Waals surface area contributed by atoms with Crippen LogP contribution in [0, 0.1) is 0 Å². The highest BCUT2D eigenvalue weighted by molar-refractivity contribution is 5.94. The lowest BCUT2D eigenvalue weighted by atomic mass is 10.2. The van der Waals surface area contributed by atoms with Gasteiger partial charge in [-0.1, -0.05) is 85.9 Å². The number of carbonyl (C=O) groups excluding carboxylic acids is 6. The first-order valence-electron chi connectivity index (χ1n) is 38.8. The average molecular weight is 1880 g/mol. The van der Waals surface area contributed by atoms with Gasteiger partial charge in [-0.25, -0.2) is 37.2 Å². The Kier molecular flexibility index (Phi) is 33.2. The van der Waals surface area contributed by atoms with E-state index >= 15 is 0 Å². The number of hydrogen-bond acceptors (Lipinski definition) is 24. The van der Waals surface area contributed by atoms with Crippen LogP contribution in [0.4, 0.5) is 79.0 Å². The Labute approximate surface area is 732 Å². The lowest BCUT2D eigenvalue weighted by molar-refractivity contribution is -0.274. The minimum Gasteiger partial charge on any atom is -0.433 e. The summed E-state index contributed by atoms with van der Waals surface area (Å²) in [7, 11) is 0. The minimum atomic E-state index is -4.85. The van der Waals surface area contributed by atoms with E-state index in [1.54, 1.807) is 12.1 Å². The van der Waals surface area contributed by atoms with Crippen LogP contribution in [0.3, 0.4) is 0 Å². The maximum Gasteiger partial charge on any atom is 0.573 e. The fraction of sp³-hybridized carbons (Fsp3) is 0.346. The molecular formula is C78H75F18N27O9. The van der Waals surface area contributed by atoms with Gasteiger partial charge in [0.05, 0.1) is 81.3 Å². The summed E-state index contributed by atoms with van der Waals surface area (Å²) in [6.45, 7) is 0.689. The number of rotatable bonds is 39. The summed E-state index contributed by atoms with van der Waals surface area (Å²) < 4.78 is 257. The predicted molar refractivity (Wildman–Crippen MR) is 416 cm³/mol. The van der Waals surface area contributed by atoms with Gasteiger partial charge in [-0.05, 0) is 89.0 Å². The van der Waals surface area contributed by atoms with Crippen LogP contribution in [-0.4, -0.2) is 177 Å². The third kappa shape index (κ3) is 32.9. The fourth-order valence-electron chi connectivity index (χ4n) is 11.3. The summed E-state index contributed by atoms with van der Waals surface area (Å²) in [6, 6.07) is 25.9. The van der Waals surface area contributed by atoms with Crippen molar-refractivity contribution in [3.8, 4) is 17.2 Å². The maximum absolute atomic E-state index is 14.6. The van der Waals surface area contributed by atoms with Gasteiger partial charge < -0.3 is 46.1 Å². The van der Waals surface area contributed by atoms with Gasteiger partial charge in [0.1, 0.15) is 52.8 Å². The number of nitrogens with one attached hydrogen (secondary N) is 6. The van der Waals surface area contributed by atoms with Crippen LogP contribution in [0.15, 0.2) is 165 Å². The molecule has 36 nitrogen and oxygen atoms in total. The quantitative estimate of drug-likeness (QED) is 0.0195. The molecule has 702 valence electrons. The molecule has 12 rings (SSSR count). The SMILES string of the molecule is CC(F)(F)Oc1cccc(CNC(=O)c2cn(CC(F)CCn3cc(C(=O)NCc4cccc(C(F)(F)F)n4)nn3)nn2)c1.CC(F)(F)Oc1cccc(CNC(=O)c2cn(CC(F)CCn3cc(C(=O)NCc4cccc(C(F)(F)F)n4)nn3)nn2)c1.CC(F)(F)c1ccc(CNC(=O)c2cn(CCC(F)Cn3cc(C(=O)NCc4cccc(OC(F)(F)F)c4)nn3)nn2)cn1. The monoisotopic (exact) mass is 1880 g/mol. The van der Waals surface area contributed by atoms with E-state index in [-0.39, 0.29) is 155 Å². The number of aryl methyl sites for hydroxylation is 3. The topological polar surface area (TPSA) is 425 Å². The zero-order valence-electron chi connectivity index (χ0n) is 68.8. The molecule has 0 saturated heterocycles. The standard InChI is InChI=1S/3C26H25F6N9O3/c2*1-25(28,29)44-19-6-2-4-16(10-19)11-33-23(42)21-15-41(39-37-21)13-17(27)8-9-40-14-20(36-38-40)24(43)34-12-18-5-3-7-22(35-18)26(30,31)32;1-25(28,29)22-6-5-17(11-33-22)12-35-23(42)20-14-40(38-36-20)8-7-18(27)13-41-15-21(37-39-41)24(43)34-10-16-3-2-4-19(9-16)44-26(30,31)32/h2*2-7,10,14-15,17H,8-9,11-13H2,1H3,(H,33,42)(H,34,43);2-6,9,11,14-15,18H,7-8,10,12-13H2,1H3,(H,34,43)(H,35,42). The van der Waals surface area contributed by atoms with Crippen molar-refractivity contribution in [2.24, 2.45) is 0 Å². The average Bonchev–Trinajstić information content (AvgIpc) is 0.963. The number of amides is 6. The maximum atomic E-state index is 14.6. The molecule has 6 amide bonds. The first-order valence-corrected chi connectivity index (χ1v) is 38.8. The second-order valence-electron chi connectivity index (χ2n) is 28.6. The third-order valence-corrected chi connectivity index (χ3v) is 17.5. The summed E-state index contributed by atoms with van der Waals surface area (Å²) in [5.41, 5.74) is -1.30. The van der Waals surface area contributed by atoms with E-state index in [9.17, 15) is 108 Å². The first-order chi connectivity index (χ1) is 62.2. The van der Waals surface area contributed by atoms with Gasteiger partial charge in [0.2, 0.25) is 0 Å². The van der Waals surface area contributed by atoms with E-state index in [2.05, 4.69) is 123 Å². The molecule has 0 bridgehead atoms. The Morgan fingerprint density at radius 1 is 0.333 bits per heavy atom. The van der Waals surface area contributed by atoms with Crippen LogP contribution < -0.4 is 46.1 Å². The van der Waals surface area contributed by atoms with Crippen LogP contribution in [0.2, 0.25) is 0 Å². The molecule has 6 N–H and O–H groups in total. The predicted octanol–water partition coefficient (Wildman–Crippen LogP) is 10.7. The molecule has 132 heavy (non-hydrogen) atoms. The zero-order valence-corrected chi connectivity index (χ0v) is 68.8. The second-order valence-corrected chi connectivity index (χ2v) is 28.6. The number of alkyl halides is 18. The number of carbonyl (C=O) groups is 6. The second kappa shape index (κ2) is 44.3. The van der Waals surface area contributed by atoms with Crippen LogP contribution >= 0.6 is 0 Å². The number of hydrogen-bond donors (Lipinski definition) is 6. The van der Waals surface area contributed by atoms with Crippen molar-refractivity contribution in [2.75, 3.05) is 0 Å². The smallest absolute Gasteiger partial charge is 0.433 e. The van der Waals surface area contributed by atoms with Gasteiger partial charge in [-0.15, -0.1) is 43.8 Å². The molecular weight excluding hydrogens is 1800 g/mol. The molecule has 0 spiro atoms. The largest absolute Gasteiger partial charge is 0.573 e. The van der Waals surface area contributed by atoms with Crippen molar-refractivity contribution < 1.29 is 122 Å². The third-order valence-electron chi connectivity index (χ3n) is 17.5. The van der Waals surface area contributed by atoms with Gasteiger partial charge in [0.15, 0.2) is 34.2 Å². The van der Waals surface area contributed by atoms with E-state index in [1.807, 2.05) is 0 Å². The molecule has 0 radical (unpaired) electrons. The van der Waals surface area contributed by atoms with Crippen molar-refractivity contribution in [3.63, 3.8) is 0 Å². The first kappa shape index (κ1) is 99.1. The normalized spacial score (nSPS) is 12.5. The van der Waals surface area contributed by atoms with Gasteiger partial charge in [0, 0.05) is 92.0 Å². The highest BCUT2D eigenvalue weighted by atomic mass is 19.4. The van der Waals surface area contributed by atoms with Crippen LogP contribution in [0.5, 0.6) is 17.2 Å². The summed E-state index contributed by atoms with van der Waals surface area (Å²) in [6.07, 6.45) is -16.5. The fourth-order valence-corrected chi connectivity index (χ4v) is 11.3. The number of ether oxygens (including phenoxy) is 3. The number of halogens is 18. The van der Waals surface area contributed by atoms with Crippen molar-refractivity contribution in [1.29, 1.82) is 0 Å². The summed E-state index contributed by atoms with van der Waals surface area (Å²) >= 11 is 0. The minimum absolute atomic E-state index is 0.00317. The molecule has 0 aliphatic rings. The van der Waals surface area contributed by atoms with Gasteiger partial charge in [-0.2, -0.15) is 52.7 Å². The molecule has 54 heteroatoms. The van der Waals surface area contributed by atoms with E-state index in [4.69, 9.17) is 0 Å². The Morgan fingerprint density at radius 3 is 0.894 bits per heavy atom. The van der Waals surface area contributed by atoms with Gasteiger partial charge in [0.25, 0.3) is 41.4 Å². The van der Waals surface area contributed by atoms with Crippen molar-refractivity contribution in [2.45, 2.75) is 174 Å².